The molecule has 4 nitrogen and oxygen atoms in total. The summed E-state index contributed by atoms with van der Waals surface area (Å²) in [6, 6.07) is -0.196. The molecule has 0 bridgehead atoms. The van der Waals surface area contributed by atoms with Crippen molar-refractivity contribution in [3.63, 3.8) is 0 Å². The lowest BCUT2D eigenvalue weighted by Crippen LogP contribution is -2.42. The van der Waals surface area contributed by atoms with E-state index in [-0.39, 0.29) is 11.9 Å². The standard InChI is InChI=1S/C20H35N3O/c1-2-3-9-17(16-11-12-16)14-23-19(24)18(22-20(23)21)13-10-15-7-5-4-6-8-15/h15-18H,2-14H2,1H3,(H2,21,22). The summed E-state index contributed by atoms with van der Waals surface area (Å²) in [6.45, 7) is 3.04. The van der Waals surface area contributed by atoms with E-state index < -0.39 is 0 Å². The minimum atomic E-state index is -0.196. The third-order valence-corrected chi connectivity index (χ3v) is 6.32. The molecule has 0 aromatic heterocycles. The Hall–Kier alpha value is -1.06. The summed E-state index contributed by atoms with van der Waals surface area (Å²) in [5.41, 5.74) is 6.12. The first kappa shape index (κ1) is 17.8. The van der Waals surface area contributed by atoms with Gasteiger partial charge in [-0.2, -0.15) is 0 Å². The Bertz CT molecular complexity index is 452. The van der Waals surface area contributed by atoms with E-state index in [2.05, 4.69) is 11.9 Å². The van der Waals surface area contributed by atoms with Crippen LogP contribution in [0.4, 0.5) is 0 Å². The first-order valence-corrected chi connectivity index (χ1v) is 10.3. The normalized spacial score (nSPS) is 26.7. The zero-order chi connectivity index (χ0) is 16.9. The van der Waals surface area contributed by atoms with Crippen LogP contribution in [-0.2, 0) is 4.79 Å². The fraction of sp³-hybridized carbons (Fsp3) is 0.900. The molecule has 4 heteroatoms. The van der Waals surface area contributed by atoms with E-state index in [0.29, 0.717) is 11.9 Å². The van der Waals surface area contributed by atoms with Gasteiger partial charge in [0.1, 0.15) is 6.04 Å². The Morgan fingerprint density at radius 2 is 1.92 bits per heavy atom. The Kier molecular flexibility index (Phi) is 6.18. The SMILES string of the molecule is CCCCC(CN1C(=O)C(CCC2CCCCC2)N=C1N)C1CC1. The van der Waals surface area contributed by atoms with Crippen LogP contribution >= 0.6 is 0 Å². The molecule has 24 heavy (non-hydrogen) atoms. The number of hydrogen-bond acceptors (Lipinski definition) is 3. The minimum Gasteiger partial charge on any atom is -0.369 e. The maximum Gasteiger partial charge on any atom is 0.254 e. The average molecular weight is 334 g/mol. The molecule has 1 heterocycles. The molecule has 2 fully saturated rings. The van der Waals surface area contributed by atoms with Crippen LogP contribution in [0.25, 0.3) is 0 Å². The lowest BCUT2D eigenvalue weighted by Gasteiger charge is -2.24. The number of amides is 1. The third kappa shape index (κ3) is 4.52. The zero-order valence-electron chi connectivity index (χ0n) is 15.4. The molecule has 0 radical (unpaired) electrons. The van der Waals surface area contributed by atoms with Crippen molar-refractivity contribution in [2.75, 3.05) is 6.54 Å². The van der Waals surface area contributed by atoms with Crippen LogP contribution in [0, 0.1) is 17.8 Å². The average Bonchev–Trinajstić information content (AvgIpc) is 3.40. The van der Waals surface area contributed by atoms with Gasteiger partial charge in [-0.1, -0.05) is 51.9 Å². The first-order valence-electron chi connectivity index (χ1n) is 10.3. The Morgan fingerprint density at radius 3 is 2.58 bits per heavy atom. The highest BCUT2D eigenvalue weighted by atomic mass is 16.2. The van der Waals surface area contributed by atoms with Gasteiger partial charge in [0, 0.05) is 6.54 Å². The monoisotopic (exact) mass is 333 g/mol. The van der Waals surface area contributed by atoms with Crippen molar-refractivity contribution in [2.24, 2.45) is 28.5 Å². The number of carbonyl (C=O) groups is 1. The van der Waals surface area contributed by atoms with Gasteiger partial charge in [-0.15, -0.1) is 0 Å². The van der Waals surface area contributed by atoms with Crippen molar-refractivity contribution < 1.29 is 4.79 Å². The highest BCUT2D eigenvalue weighted by Gasteiger charge is 2.38. The molecule has 1 amide bonds. The second kappa shape index (κ2) is 8.35. The van der Waals surface area contributed by atoms with Gasteiger partial charge in [-0.25, -0.2) is 4.99 Å². The predicted octanol–water partition coefficient (Wildman–Crippen LogP) is 4.09. The van der Waals surface area contributed by atoms with Crippen LogP contribution < -0.4 is 5.73 Å². The van der Waals surface area contributed by atoms with E-state index in [4.69, 9.17) is 5.73 Å². The van der Waals surface area contributed by atoms with E-state index in [0.717, 1.165) is 31.2 Å². The predicted molar refractivity (Wildman–Crippen MR) is 98.7 cm³/mol. The molecular weight excluding hydrogens is 298 g/mol. The highest BCUT2D eigenvalue weighted by Crippen LogP contribution is 2.40. The number of nitrogens with two attached hydrogens (primary N) is 1. The Labute approximate surface area is 147 Å². The number of guanidine groups is 1. The van der Waals surface area contributed by atoms with Gasteiger partial charge in [0.05, 0.1) is 0 Å². The first-order chi connectivity index (χ1) is 11.7. The Morgan fingerprint density at radius 1 is 1.17 bits per heavy atom. The number of rotatable bonds is 9. The molecule has 2 unspecified atom stereocenters. The third-order valence-electron chi connectivity index (χ3n) is 6.32. The summed E-state index contributed by atoms with van der Waals surface area (Å²) >= 11 is 0. The van der Waals surface area contributed by atoms with Crippen molar-refractivity contribution in [3.05, 3.63) is 0 Å². The molecule has 0 spiro atoms. The zero-order valence-corrected chi connectivity index (χ0v) is 15.4. The van der Waals surface area contributed by atoms with Crippen LogP contribution in [0.2, 0.25) is 0 Å². The maximum atomic E-state index is 12.8. The fourth-order valence-corrected chi connectivity index (χ4v) is 4.56. The van der Waals surface area contributed by atoms with Crippen LogP contribution in [0.5, 0.6) is 0 Å². The molecule has 2 atom stereocenters. The van der Waals surface area contributed by atoms with Gasteiger partial charge in [0.15, 0.2) is 5.96 Å². The number of unbranched alkanes of at least 4 members (excludes halogenated alkanes) is 1. The summed E-state index contributed by atoms with van der Waals surface area (Å²) in [5.74, 6) is 2.90. The van der Waals surface area contributed by atoms with Crippen molar-refractivity contribution in [3.8, 4) is 0 Å². The van der Waals surface area contributed by atoms with Gasteiger partial charge in [-0.3, -0.25) is 9.69 Å². The van der Waals surface area contributed by atoms with Gasteiger partial charge in [0.2, 0.25) is 0 Å². The molecule has 1 aliphatic heterocycles. The van der Waals surface area contributed by atoms with Crippen molar-refractivity contribution in [1.29, 1.82) is 0 Å². The Balaban J connectivity index is 1.50. The smallest absolute Gasteiger partial charge is 0.254 e. The van der Waals surface area contributed by atoms with Crippen LogP contribution in [0.3, 0.4) is 0 Å². The summed E-state index contributed by atoms with van der Waals surface area (Å²) < 4.78 is 0. The molecule has 0 aromatic rings. The number of aliphatic imine (C=N–C) groups is 1. The fourth-order valence-electron chi connectivity index (χ4n) is 4.56. The van der Waals surface area contributed by atoms with Crippen LogP contribution in [0.15, 0.2) is 4.99 Å². The number of nitrogens with zero attached hydrogens (tertiary/aromatic N) is 2. The second-order valence-electron chi connectivity index (χ2n) is 8.27. The van der Waals surface area contributed by atoms with Gasteiger partial charge >= 0.3 is 0 Å². The van der Waals surface area contributed by atoms with E-state index in [9.17, 15) is 4.79 Å². The molecular formula is C20H35N3O. The van der Waals surface area contributed by atoms with Gasteiger partial charge in [0.25, 0.3) is 5.91 Å². The highest BCUT2D eigenvalue weighted by molar-refractivity contribution is 6.04. The van der Waals surface area contributed by atoms with Crippen molar-refractivity contribution in [1.82, 2.24) is 4.90 Å². The second-order valence-corrected chi connectivity index (χ2v) is 8.27. The summed E-state index contributed by atoms with van der Waals surface area (Å²) in [6.07, 6.45) is 15.2. The van der Waals surface area contributed by atoms with Crippen molar-refractivity contribution in [2.45, 2.75) is 90.0 Å². The van der Waals surface area contributed by atoms with Gasteiger partial charge in [-0.05, 0) is 49.9 Å². The van der Waals surface area contributed by atoms with Crippen LogP contribution in [-0.4, -0.2) is 29.4 Å². The van der Waals surface area contributed by atoms with E-state index in [1.807, 2.05) is 4.90 Å². The lowest BCUT2D eigenvalue weighted by atomic mass is 9.85. The molecule has 2 saturated carbocycles. The van der Waals surface area contributed by atoms with E-state index in [1.54, 1.807) is 0 Å². The minimum absolute atomic E-state index is 0.172. The van der Waals surface area contributed by atoms with Crippen LogP contribution in [0.1, 0.15) is 84.0 Å². The maximum absolute atomic E-state index is 12.8. The summed E-state index contributed by atoms with van der Waals surface area (Å²) in [7, 11) is 0. The molecule has 0 saturated heterocycles. The lowest BCUT2D eigenvalue weighted by molar-refractivity contribution is -0.128. The number of hydrogen-bond donors (Lipinski definition) is 1. The molecule has 3 rings (SSSR count). The molecule has 0 aromatic carbocycles. The van der Waals surface area contributed by atoms with E-state index in [1.165, 1.54) is 64.2 Å². The molecule has 2 aliphatic carbocycles. The van der Waals surface area contributed by atoms with Gasteiger partial charge < -0.3 is 5.73 Å². The molecule has 3 aliphatic rings. The number of carbonyl (C=O) groups excluding carboxylic acids is 1. The molecule has 2 N–H and O–H groups in total. The summed E-state index contributed by atoms with van der Waals surface area (Å²) in [4.78, 5) is 19.1. The van der Waals surface area contributed by atoms with E-state index >= 15 is 0 Å². The quantitative estimate of drug-likeness (QED) is 0.691. The molecule has 136 valence electrons. The van der Waals surface area contributed by atoms with Crippen molar-refractivity contribution >= 4 is 11.9 Å². The summed E-state index contributed by atoms with van der Waals surface area (Å²) in [5, 5.41) is 0. The topological polar surface area (TPSA) is 58.7 Å². The largest absolute Gasteiger partial charge is 0.369 e.